The first-order valence-electron chi connectivity index (χ1n) is 15.8. The predicted molar refractivity (Wildman–Crippen MR) is 194 cm³/mol. The van der Waals surface area contributed by atoms with Crippen LogP contribution in [0.4, 0.5) is 17.1 Å². The Morgan fingerprint density at radius 3 is 1.11 bits per heavy atom. The predicted octanol–water partition coefficient (Wildman–Crippen LogP) is 12.1. The molecule has 0 N–H and O–H groups in total. The van der Waals surface area contributed by atoms with Crippen molar-refractivity contribution in [1.29, 1.82) is 0 Å². The molecule has 0 spiro atoms. The molecule has 0 saturated carbocycles. The quantitative estimate of drug-likeness (QED) is 0.127. The van der Waals surface area contributed by atoms with Crippen LogP contribution in [0.1, 0.15) is 62.9 Å². The van der Waals surface area contributed by atoms with Gasteiger partial charge >= 0.3 is 0 Å². The van der Waals surface area contributed by atoms with Crippen molar-refractivity contribution in [1.82, 2.24) is 0 Å². The zero-order valence-corrected chi connectivity index (χ0v) is 27.0. The second kappa shape index (κ2) is 13.2. The number of rotatable bonds is 8. The fourth-order valence-corrected chi connectivity index (χ4v) is 5.92. The first kappa shape index (κ1) is 29.9. The highest BCUT2D eigenvalue weighted by molar-refractivity contribution is 5.82. The molecule has 0 aliphatic heterocycles. The van der Waals surface area contributed by atoms with E-state index in [2.05, 4.69) is 191 Å². The monoisotopic (exact) mass is 583 g/mol. The van der Waals surface area contributed by atoms with E-state index in [1.54, 1.807) is 0 Å². The number of anilines is 3. The van der Waals surface area contributed by atoms with Crippen molar-refractivity contribution in [2.24, 2.45) is 0 Å². The van der Waals surface area contributed by atoms with E-state index < -0.39 is 0 Å². The van der Waals surface area contributed by atoms with Crippen molar-refractivity contribution in [3.63, 3.8) is 0 Å². The van der Waals surface area contributed by atoms with E-state index in [1.807, 2.05) is 0 Å². The molecule has 0 amide bonds. The molecule has 6 aromatic rings. The lowest BCUT2D eigenvalue weighted by Crippen LogP contribution is -2.09. The third kappa shape index (κ3) is 7.00. The number of aryl methyl sites for hydroxylation is 4. The van der Waals surface area contributed by atoms with Crippen LogP contribution in [0.2, 0.25) is 0 Å². The Morgan fingerprint density at radius 2 is 0.733 bits per heavy atom. The van der Waals surface area contributed by atoms with Crippen molar-refractivity contribution in [2.75, 3.05) is 4.90 Å². The van der Waals surface area contributed by atoms with Crippen LogP contribution in [0, 0.1) is 27.7 Å². The molecule has 0 unspecified atom stereocenters. The molecule has 0 radical (unpaired) electrons. The van der Waals surface area contributed by atoms with Gasteiger partial charge in [-0.3, -0.25) is 0 Å². The van der Waals surface area contributed by atoms with Crippen LogP contribution in [0.5, 0.6) is 0 Å². The lowest BCUT2D eigenvalue weighted by atomic mass is 9.84. The molecule has 0 aromatic heterocycles. The van der Waals surface area contributed by atoms with E-state index in [1.165, 1.54) is 55.6 Å². The molecule has 222 valence electrons. The Morgan fingerprint density at radius 1 is 0.422 bits per heavy atom. The van der Waals surface area contributed by atoms with Crippen molar-refractivity contribution in [3.8, 4) is 0 Å². The van der Waals surface area contributed by atoms with Crippen LogP contribution < -0.4 is 4.90 Å². The highest BCUT2D eigenvalue weighted by Crippen LogP contribution is 2.36. The molecular formula is C44H41N. The van der Waals surface area contributed by atoms with Gasteiger partial charge in [-0.25, -0.2) is 0 Å². The zero-order valence-electron chi connectivity index (χ0n) is 27.0. The number of nitrogens with zero attached hydrogens (tertiary/aromatic N) is 1. The maximum absolute atomic E-state index is 2.32. The number of hydrogen-bond donors (Lipinski definition) is 0. The highest BCUT2D eigenvalue weighted by atomic mass is 15.1. The summed E-state index contributed by atoms with van der Waals surface area (Å²) in [4.78, 5) is 2.32. The normalized spacial score (nSPS) is 11.6. The summed E-state index contributed by atoms with van der Waals surface area (Å²) in [6.07, 6.45) is 2.28. The molecule has 6 aromatic carbocycles. The molecule has 0 saturated heterocycles. The first-order chi connectivity index (χ1) is 21.8. The molecular weight excluding hydrogens is 542 g/mol. The summed E-state index contributed by atoms with van der Waals surface area (Å²) >= 11 is 0. The Kier molecular flexibility index (Phi) is 8.80. The van der Waals surface area contributed by atoms with Crippen LogP contribution >= 0.6 is 0 Å². The van der Waals surface area contributed by atoms with Gasteiger partial charge in [0.15, 0.2) is 0 Å². The minimum Gasteiger partial charge on any atom is -0.311 e. The molecule has 0 aliphatic carbocycles. The van der Waals surface area contributed by atoms with E-state index in [4.69, 9.17) is 0 Å². The smallest absolute Gasteiger partial charge is 0.0462 e. The van der Waals surface area contributed by atoms with Crippen LogP contribution in [-0.4, -0.2) is 0 Å². The maximum Gasteiger partial charge on any atom is 0.0462 e. The Bertz CT molecular complexity index is 1780. The van der Waals surface area contributed by atoms with E-state index in [-0.39, 0.29) is 5.92 Å². The van der Waals surface area contributed by atoms with Crippen LogP contribution in [0.3, 0.4) is 0 Å². The van der Waals surface area contributed by atoms with Crippen molar-refractivity contribution in [3.05, 3.63) is 196 Å². The van der Waals surface area contributed by atoms with Gasteiger partial charge in [0.1, 0.15) is 0 Å². The summed E-state index contributed by atoms with van der Waals surface area (Å²) in [6.45, 7) is 10.7. The molecule has 6 rings (SSSR count). The van der Waals surface area contributed by atoms with Gasteiger partial charge in [-0.2, -0.15) is 0 Å². The van der Waals surface area contributed by atoms with E-state index in [9.17, 15) is 0 Å². The second-order valence-corrected chi connectivity index (χ2v) is 12.3. The first-order valence-corrected chi connectivity index (χ1v) is 15.8. The summed E-state index contributed by atoms with van der Waals surface area (Å²) < 4.78 is 0. The Hall–Kier alpha value is -5.14. The number of benzene rings is 6. The third-order valence-electron chi connectivity index (χ3n) is 8.64. The molecule has 0 heterocycles. The van der Waals surface area contributed by atoms with Gasteiger partial charge in [-0.05, 0) is 104 Å². The van der Waals surface area contributed by atoms with Crippen molar-refractivity contribution in [2.45, 2.75) is 40.5 Å². The summed E-state index contributed by atoms with van der Waals surface area (Å²) in [5.41, 5.74) is 16.1. The second-order valence-electron chi connectivity index (χ2n) is 12.3. The van der Waals surface area contributed by atoms with Gasteiger partial charge in [-0.15, -0.1) is 0 Å². The topological polar surface area (TPSA) is 3.24 Å². The van der Waals surface area contributed by atoms with E-state index in [0.717, 1.165) is 17.1 Å². The van der Waals surface area contributed by atoms with Gasteiger partial charge in [-0.1, -0.05) is 138 Å². The molecule has 0 aliphatic rings. The van der Waals surface area contributed by atoms with Crippen molar-refractivity contribution >= 4 is 28.7 Å². The van der Waals surface area contributed by atoms with Gasteiger partial charge in [0.25, 0.3) is 0 Å². The van der Waals surface area contributed by atoms with Crippen LogP contribution in [0.25, 0.3) is 11.6 Å². The summed E-state index contributed by atoms with van der Waals surface area (Å²) in [5.74, 6) is 0.197. The van der Waals surface area contributed by atoms with Crippen LogP contribution in [0.15, 0.2) is 146 Å². The lowest BCUT2D eigenvalue weighted by Gasteiger charge is -2.26. The SMILES string of the molecule is C/C(=C\c1ccc(C(c2ccc(C)cc2)c2ccc(C)cc2)cc1)c1ccc(N(c2ccc(C)cc2)c2ccc(C)cc2)cc1. The lowest BCUT2D eigenvalue weighted by molar-refractivity contribution is 0.974. The Balaban J connectivity index is 1.26. The van der Waals surface area contributed by atoms with Gasteiger partial charge in [0.2, 0.25) is 0 Å². The molecule has 0 fully saturated rings. The average molecular weight is 584 g/mol. The summed E-state index contributed by atoms with van der Waals surface area (Å²) in [5, 5.41) is 0. The standard InChI is InChI=1S/C44H41N/c1-31-6-16-38(17-7-31)44(39-18-8-32(2)9-19-39)40-20-14-36(15-21-40)30-35(5)37-22-28-43(29-23-37)45(41-24-10-33(3)11-25-41)42-26-12-34(4)13-27-42/h6-30,44H,1-5H3/b35-30+. The molecule has 1 heteroatoms. The fraction of sp³-hybridized carbons (Fsp3) is 0.136. The van der Waals surface area contributed by atoms with Crippen LogP contribution in [-0.2, 0) is 0 Å². The zero-order chi connectivity index (χ0) is 31.3. The molecule has 0 bridgehead atoms. The van der Waals surface area contributed by atoms with Crippen molar-refractivity contribution < 1.29 is 0 Å². The molecule has 45 heavy (non-hydrogen) atoms. The van der Waals surface area contributed by atoms with E-state index in [0.29, 0.717) is 0 Å². The molecule has 1 nitrogen and oxygen atoms in total. The third-order valence-corrected chi connectivity index (χ3v) is 8.64. The maximum atomic E-state index is 2.32. The largest absolute Gasteiger partial charge is 0.311 e. The van der Waals surface area contributed by atoms with Gasteiger partial charge < -0.3 is 4.90 Å². The average Bonchev–Trinajstić information content (AvgIpc) is 3.06. The fourth-order valence-electron chi connectivity index (χ4n) is 5.92. The van der Waals surface area contributed by atoms with Gasteiger partial charge in [0.05, 0.1) is 0 Å². The summed E-state index contributed by atoms with van der Waals surface area (Å²) in [6, 6.07) is 53.4. The number of hydrogen-bond acceptors (Lipinski definition) is 1. The minimum atomic E-state index is 0.197. The number of allylic oxidation sites excluding steroid dienone is 1. The molecule has 0 atom stereocenters. The highest BCUT2D eigenvalue weighted by Gasteiger charge is 2.17. The summed E-state index contributed by atoms with van der Waals surface area (Å²) in [7, 11) is 0. The van der Waals surface area contributed by atoms with E-state index >= 15 is 0 Å². The minimum absolute atomic E-state index is 0.197. The van der Waals surface area contributed by atoms with Gasteiger partial charge in [0, 0.05) is 23.0 Å². The Labute approximate surface area is 269 Å².